The lowest BCUT2D eigenvalue weighted by Crippen LogP contribution is -2.26. The molecule has 0 saturated heterocycles. The molecule has 0 heterocycles. The molecule has 0 saturated carbocycles. The number of benzene rings is 2. The first-order valence-corrected chi connectivity index (χ1v) is 8.11. The van der Waals surface area contributed by atoms with E-state index in [9.17, 15) is 13.2 Å². The van der Waals surface area contributed by atoms with Gasteiger partial charge in [0, 0.05) is 14.1 Å². The first-order valence-electron chi connectivity index (χ1n) is 6.74. The van der Waals surface area contributed by atoms with Gasteiger partial charge in [-0.1, -0.05) is 24.3 Å². The zero-order valence-corrected chi connectivity index (χ0v) is 13.8. The molecule has 0 atom stereocenters. The molecule has 0 aliphatic carbocycles. The van der Waals surface area contributed by atoms with E-state index in [2.05, 4.69) is 4.74 Å². The Hall–Kier alpha value is -2.38. The summed E-state index contributed by atoms with van der Waals surface area (Å²) >= 11 is 0. The molecule has 0 bridgehead atoms. The molecule has 0 spiro atoms. The molecule has 0 radical (unpaired) electrons. The summed E-state index contributed by atoms with van der Waals surface area (Å²) in [5, 5.41) is 0. The monoisotopic (exact) mass is 335 g/mol. The van der Waals surface area contributed by atoms with Gasteiger partial charge in [0.15, 0.2) is 0 Å². The second-order valence-electron chi connectivity index (χ2n) is 4.92. The predicted octanol–water partition coefficient (Wildman–Crippen LogP) is 2.33. The minimum Gasteiger partial charge on any atom is -0.465 e. The van der Waals surface area contributed by atoms with E-state index in [0.717, 1.165) is 15.4 Å². The van der Waals surface area contributed by atoms with Gasteiger partial charge in [-0.15, -0.1) is 0 Å². The van der Waals surface area contributed by atoms with Crippen molar-refractivity contribution in [2.24, 2.45) is 0 Å². The summed E-state index contributed by atoms with van der Waals surface area (Å²) < 4.78 is 33.9. The normalized spacial score (nSPS) is 11.3. The molecule has 0 aliphatic heterocycles. The Morgan fingerprint density at radius 3 is 1.83 bits per heavy atom. The van der Waals surface area contributed by atoms with Gasteiger partial charge in [-0.2, -0.15) is 12.7 Å². The maximum absolute atomic E-state index is 11.6. The summed E-state index contributed by atoms with van der Waals surface area (Å²) in [4.78, 5) is 11.4. The van der Waals surface area contributed by atoms with Crippen molar-refractivity contribution in [3.63, 3.8) is 0 Å². The average Bonchev–Trinajstić information content (AvgIpc) is 2.54. The quantitative estimate of drug-likeness (QED) is 0.784. The molecule has 0 amide bonds. The van der Waals surface area contributed by atoms with E-state index in [-0.39, 0.29) is 5.75 Å². The van der Waals surface area contributed by atoms with Crippen molar-refractivity contribution in [3.8, 4) is 16.9 Å². The molecule has 0 aromatic heterocycles. The van der Waals surface area contributed by atoms with Crippen LogP contribution in [0.2, 0.25) is 0 Å². The molecule has 2 aromatic carbocycles. The van der Waals surface area contributed by atoms with E-state index >= 15 is 0 Å². The van der Waals surface area contributed by atoms with Crippen molar-refractivity contribution in [2.75, 3.05) is 21.2 Å². The van der Waals surface area contributed by atoms with Crippen LogP contribution in [0.15, 0.2) is 48.5 Å². The number of methoxy groups -OCH3 is 1. The second kappa shape index (κ2) is 6.80. The lowest BCUT2D eigenvalue weighted by Gasteiger charge is -2.12. The molecule has 7 heteroatoms. The summed E-state index contributed by atoms with van der Waals surface area (Å²) in [5.74, 6) is -0.164. The molecule has 0 aliphatic rings. The Bertz CT molecular complexity index is 780. The fourth-order valence-corrected chi connectivity index (χ4v) is 2.32. The number of nitrogens with zero attached hydrogens (tertiary/aromatic N) is 1. The maximum atomic E-state index is 11.6. The number of carbonyl (C=O) groups excluding carboxylic acids is 1. The van der Waals surface area contributed by atoms with Crippen LogP contribution in [0.4, 0.5) is 0 Å². The number of carbonyl (C=O) groups is 1. The van der Waals surface area contributed by atoms with Crippen molar-refractivity contribution < 1.29 is 22.1 Å². The lowest BCUT2D eigenvalue weighted by molar-refractivity contribution is 0.0600. The van der Waals surface area contributed by atoms with Crippen LogP contribution in [0, 0.1) is 0 Å². The number of hydrogen-bond acceptors (Lipinski definition) is 5. The van der Waals surface area contributed by atoms with Crippen LogP contribution in [0.3, 0.4) is 0 Å². The topological polar surface area (TPSA) is 72.9 Å². The standard InChI is InChI=1S/C16H17NO5S/c1-17(2)23(19,20)22-15-10-8-13(9-11-15)12-4-6-14(7-5-12)16(18)21-3/h4-11H,1-3H3. The summed E-state index contributed by atoms with van der Waals surface area (Å²) in [6.45, 7) is 0. The van der Waals surface area contributed by atoms with Gasteiger partial charge in [-0.25, -0.2) is 4.79 Å². The zero-order chi connectivity index (χ0) is 17.0. The van der Waals surface area contributed by atoms with E-state index in [0.29, 0.717) is 5.56 Å². The third-order valence-corrected chi connectivity index (χ3v) is 4.44. The molecule has 2 rings (SSSR count). The highest BCUT2D eigenvalue weighted by Gasteiger charge is 2.15. The van der Waals surface area contributed by atoms with Crippen LogP contribution in [-0.2, 0) is 15.0 Å². The molecular formula is C16H17NO5S. The number of hydrogen-bond donors (Lipinski definition) is 0. The molecule has 0 N–H and O–H groups in total. The van der Waals surface area contributed by atoms with Gasteiger partial charge in [0.2, 0.25) is 0 Å². The van der Waals surface area contributed by atoms with E-state index in [1.807, 2.05) is 0 Å². The summed E-state index contributed by atoms with van der Waals surface area (Å²) in [6, 6.07) is 13.6. The molecule has 0 fully saturated rings. The average molecular weight is 335 g/mol. The molecule has 23 heavy (non-hydrogen) atoms. The van der Waals surface area contributed by atoms with Crippen LogP contribution in [-0.4, -0.2) is 39.9 Å². The summed E-state index contributed by atoms with van der Waals surface area (Å²) in [6.07, 6.45) is 0. The van der Waals surface area contributed by atoms with Crippen LogP contribution in [0.5, 0.6) is 5.75 Å². The van der Waals surface area contributed by atoms with Gasteiger partial charge in [-0.3, -0.25) is 0 Å². The van der Waals surface area contributed by atoms with Gasteiger partial charge < -0.3 is 8.92 Å². The van der Waals surface area contributed by atoms with Gasteiger partial charge in [0.05, 0.1) is 12.7 Å². The smallest absolute Gasteiger partial charge is 0.384 e. The van der Waals surface area contributed by atoms with E-state index < -0.39 is 16.3 Å². The maximum Gasteiger partial charge on any atom is 0.384 e. The Labute approximate surface area is 135 Å². The van der Waals surface area contributed by atoms with E-state index in [1.54, 1.807) is 48.5 Å². The van der Waals surface area contributed by atoms with Crippen LogP contribution < -0.4 is 4.18 Å². The third-order valence-electron chi connectivity index (χ3n) is 3.14. The first kappa shape index (κ1) is 17.0. The molecular weight excluding hydrogens is 318 g/mol. The molecule has 122 valence electrons. The first-order chi connectivity index (χ1) is 10.8. The summed E-state index contributed by atoms with van der Waals surface area (Å²) in [5.41, 5.74) is 2.23. The molecule has 2 aromatic rings. The number of rotatable bonds is 5. The minimum atomic E-state index is -3.76. The largest absolute Gasteiger partial charge is 0.465 e. The van der Waals surface area contributed by atoms with E-state index in [4.69, 9.17) is 4.18 Å². The Morgan fingerprint density at radius 2 is 1.39 bits per heavy atom. The van der Waals surface area contributed by atoms with Crippen molar-refractivity contribution in [1.82, 2.24) is 4.31 Å². The Morgan fingerprint density at radius 1 is 0.913 bits per heavy atom. The highest BCUT2D eigenvalue weighted by Crippen LogP contribution is 2.24. The number of ether oxygens (including phenoxy) is 1. The fraction of sp³-hybridized carbons (Fsp3) is 0.188. The van der Waals surface area contributed by atoms with Gasteiger partial charge in [-0.05, 0) is 35.4 Å². The van der Waals surface area contributed by atoms with Crippen LogP contribution in [0.1, 0.15) is 10.4 Å². The Balaban J connectivity index is 2.18. The number of esters is 1. The van der Waals surface area contributed by atoms with E-state index in [1.165, 1.54) is 21.2 Å². The second-order valence-corrected chi connectivity index (χ2v) is 6.67. The van der Waals surface area contributed by atoms with Gasteiger partial charge in [0.1, 0.15) is 5.75 Å². The third kappa shape index (κ3) is 4.08. The minimum absolute atomic E-state index is 0.230. The highest BCUT2D eigenvalue weighted by molar-refractivity contribution is 7.84. The van der Waals surface area contributed by atoms with Crippen LogP contribution in [0.25, 0.3) is 11.1 Å². The molecule has 6 nitrogen and oxygen atoms in total. The predicted molar refractivity (Wildman–Crippen MR) is 86.5 cm³/mol. The summed E-state index contributed by atoms with van der Waals surface area (Å²) in [7, 11) is 0.356. The Kier molecular flexibility index (Phi) is 5.02. The lowest BCUT2D eigenvalue weighted by atomic mass is 10.0. The SMILES string of the molecule is COC(=O)c1ccc(-c2ccc(OS(=O)(=O)N(C)C)cc2)cc1. The zero-order valence-electron chi connectivity index (χ0n) is 13.0. The van der Waals surface area contributed by atoms with Crippen LogP contribution >= 0.6 is 0 Å². The highest BCUT2D eigenvalue weighted by atomic mass is 32.2. The van der Waals surface area contributed by atoms with Crippen molar-refractivity contribution in [2.45, 2.75) is 0 Å². The van der Waals surface area contributed by atoms with Gasteiger partial charge in [0.25, 0.3) is 0 Å². The fourth-order valence-electron chi connectivity index (χ4n) is 1.82. The van der Waals surface area contributed by atoms with Crippen molar-refractivity contribution in [1.29, 1.82) is 0 Å². The molecule has 0 unspecified atom stereocenters. The van der Waals surface area contributed by atoms with Crippen molar-refractivity contribution >= 4 is 16.3 Å². The van der Waals surface area contributed by atoms with Gasteiger partial charge >= 0.3 is 16.3 Å². The van der Waals surface area contributed by atoms with Crippen molar-refractivity contribution in [3.05, 3.63) is 54.1 Å².